The molecule has 0 atom stereocenters. The zero-order valence-corrected chi connectivity index (χ0v) is 36.8. The van der Waals surface area contributed by atoms with Crippen molar-refractivity contribution in [1.82, 2.24) is 4.57 Å². The van der Waals surface area contributed by atoms with E-state index in [1.165, 1.54) is 38.1 Å². The van der Waals surface area contributed by atoms with Crippen LogP contribution in [0.2, 0.25) is 0 Å². The van der Waals surface area contributed by atoms with E-state index in [0.717, 1.165) is 94.4 Å². The molecule has 11 aromatic carbocycles. The maximum absolute atomic E-state index is 7.00. The van der Waals surface area contributed by atoms with E-state index in [4.69, 9.17) is 8.83 Å². The molecule has 0 fully saturated rings. The highest BCUT2D eigenvalue weighted by molar-refractivity contribution is 6.16. The Hall–Kier alpha value is -9.12. The van der Waals surface area contributed by atoms with Gasteiger partial charge in [-0.2, -0.15) is 0 Å². The lowest BCUT2D eigenvalue weighted by Gasteiger charge is -2.30. The van der Waals surface area contributed by atoms with Gasteiger partial charge in [-0.15, -0.1) is 0 Å². The average Bonchev–Trinajstić information content (AvgIpc) is 4.09. The molecule has 0 amide bonds. The first kappa shape index (κ1) is 38.2. The number of hydrogen-bond acceptors (Lipinski definition) is 3. The first-order valence-corrected chi connectivity index (χ1v) is 23.2. The molecule has 0 aliphatic heterocycles. The molecule has 0 aliphatic carbocycles. The van der Waals surface area contributed by atoms with Crippen LogP contribution >= 0.6 is 0 Å². The molecule has 14 aromatic rings. The van der Waals surface area contributed by atoms with Gasteiger partial charge in [0.1, 0.15) is 22.3 Å². The molecule has 0 spiro atoms. The van der Waals surface area contributed by atoms with Gasteiger partial charge in [0, 0.05) is 54.8 Å². The van der Waals surface area contributed by atoms with Crippen LogP contribution in [0.1, 0.15) is 0 Å². The molecule has 4 heteroatoms. The Kier molecular flexibility index (Phi) is 8.55. The van der Waals surface area contributed by atoms with Crippen molar-refractivity contribution in [2.24, 2.45) is 0 Å². The number of benzene rings is 11. The monoisotopic (exact) mass is 868 g/mol. The summed E-state index contributed by atoms with van der Waals surface area (Å²) in [6.45, 7) is 0. The lowest BCUT2D eigenvalue weighted by Crippen LogP contribution is -2.12. The summed E-state index contributed by atoms with van der Waals surface area (Å²) >= 11 is 0. The largest absolute Gasteiger partial charge is 0.456 e. The second-order valence-electron chi connectivity index (χ2n) is 17.6. The molecule has 318 valence electrons. The van der Waals surface area contributed by atoms with Gasteiger partial charge in [0.2, 0.25) is 0 Å². The highest BCUT2D eigenvalue weighted by atomic mass is 16.3. The Morgan fingerprint density at radius 1 is 0.324 bits per heavy atom. The van der Waals surface area contributed by atoms with Gasteiger partial charge in [0.15, 0.2) is 0 Å². The Morgan fingerprint density at radius 2 is 0.882 bits per heavy atom. The van der Waals surface area contributed by atoms with E-state index in [1.54, 1.807) is 0 Å². The predicted molar refractivity (Wildman–Crippen MR) is 284 cm³/mol. The average molecular weight is 869 g/mol. The minimum atomic E-state index is 0.839. The molecule has 4 nitrogen and oxygen atoms in total. The van der Waals surface area contributed by atoms with Crippen molar-refractivity contribution in [1.29, 1.82) is 0 Å². The van der Waals surface area contributed by atoms with Gasteiger partial charge in [-0.25, -0.2) is 0 Å². The van der Waals surface area contributed by atoms with Crippen molar-refractivity contribution >= 4 is 93.5 Å². The van der Waals surface area contributed by atoms with Crippen LogP contribution < -0.4 is 4.90 Å². The Bertz CT molecular complexity index is 4210. The van der Waals surface area contributed by atoms with E-state index in [-0.39, 0.29) is 0 Å². The summed E-state index contributed by atoms with van der Waals surface area (Å²) in [4.78, 5) is 2.42. The summed E-state index contributed by atoms with van der Waals surface area (Å²) in [5.74, 6) is 0. The van der Waals surface area contributed by atoms with Crippen LogP contribution in [-0.2, 0) is 0 Å². The fourth-order valence-corrected chi connectivity index (χ4v) is 10.8. The number of nitrogens with zero attached hydrogens (tertiary/aromatic N) is 2. The van der Waals surface area contributed by atoms with Gasteiger partial charge in [0.25, 0.3) is 0 Å². The maximum Gasteiger partial charge on any atom is 0.145 e. The van der Waals surface area contributed by atoms with Crippen LogP contribution in [0.5, 0.6) is 0 Å². The first-order valence-electron chi connectivity index (χ1n) is 23.2. The molecular formula is C64H40N2O2. The SMILES string of the molecule is c1ccc(N(c2ccc(-c3cccc4ccccc34)cc2)c2ccc3c(oc4ccccc43)c2-c2ccc(-n3c4ccccc4c4ccccc43)cc2)c(-c2cccc3oc4ccccc4c23)c1. The zero-order chi connectivity index (χ0) is 44.7. The van der Waals surface area contributed by atoms with Crippen molar-refractivity contribution in [3.8, 4) is 39.1 Å². The van der Waals surface area contributed by atoms with E-state index in [0.29, 0.717) is 0 Å². The highest BCUT2D eigenvalue weighted by Crippen LogP contribution is 2.50. The molecule has 0 aliphatic rings. The van der Waals surface area contributed by atoms with Crippen molar-refractivity contribution in [3.63, 3.8) is 0 Å². The van der Waals surface area contributed by atoms with Crippen LogP contribution in [0, 0.1) is 0 Å². The minimum absolute atomic E-state index is 0.839. The van der Waals surface area contributed by atoms with Crippen molar-refractivity contribution in [2.45, 2.75) is 0 Å². The smallest absolute Gasteiger partial charge is 0.145 e. The number of anilines is 3. The topological polar surface area (TPSA) is 34.5 Å². The van der Waals surface area contributed by atoms with Gasteiger partial charge >= 0.3 is 0 Å². The first-order chi connectivity index (χ1) is 33.7. The van der Waals surface area contributed by atoms with Crippen molar-refractivity contribution < 1.29 is 8.83 Å². The number of fused-ring (bicyclic) bond motifs is 10. The van der Waals surface area contributed by atoms with Crippen LogP contribution in [0.25, 0.3) is 116 Å². The highest BCUT2D eigenvalue weighted by Gasteiger charge is 2.26. The Labute approximate surface area is 391 Å². The zero-order valence-electron chi connectivity index (χ0n) is 36.8. The second-order valence-corrected chi connectivity index (χ2v) is 17.6. The molecule has 0 N–H and O–H groups in total. The molecule has 3 aromatic heterocycles. The maximum atomic E-state index is 7.00. The third kappa shape index (κ3) is 5.87. The molecule has 14 rings (SSSR count). The molecule has 0 saturated carbocycles. The predicted octanol–water partition coefficient (Wildman–Crippen LogP) is 18.2. The third-order valence-corrected chi connectivity index (χ3v) is 13.8. The third-order valence-electron chi connectivity index (χ3n) is 13.8. The van der Waals surface area contributed by atoms with Crippen LogP contribution in [0.15, 0.2) is 251 Å². The number of aromatic nitrogens is 1. The molecule has 0 saturated heterocycles. The second kappa shape index (κ2) is 15.2. The molecular weight excluding hydrogens is 829 g/mol. The van der Waals surface area contributed by atoms with Crippen LogP contribution in [0.3, 0.4) is 0 Å². The number of rotatable bonds is 7. The summed E-state index contributed by atoms with van der Waals surface area (Å²) in [6.07, 6.45) is 0. The summed E-state index contributed by atoms with van der Waals surface area (Å²) in [5.41, 5.74) is 16.5. The van der Waals surface area contributed by atoms with Gasteiger partial charge < -0.3 is 18.3 Å². The van der Waals surface area contributed by atoms with Gasteiger partial charge in [-0.3, -0.25) is 0 Å². The standard InChI is InChI=1S/C64H40N2O2/c1-2-17-46-41(15-1)16-13-23-47(46)42-31-35-45(36-32-42)66(57-27-10-5-20-50(57)52-24-14-30-61-63(52)54-22-7-12-29-60(54)67-61)58-40-39-53-51-21-6-11-28-59(51)68-64(53)62(58)43-33-37-44(38-34-43)65-55-25-8-3-18-48(55)49-19-4-9-26-56(49)65/h1-40H. The number of hydrogen-bond donors (Lipinski definition) is 0. The minimum Gasteiger partial charge on any atom is -0.456 e. The van der Waals surface area contributed by atoms with Crippen molar-refractivity contribution in [3.05, 3.63) is 243 Å². The van der Waals surface area contributed by atoms with E-state index >= 15 is 0 Å². The molecule has 3 heterocycles. The molecule has 0 radical (unpaired) electrons. The van der Waals surface area contributed by atoms with Gasteiger partial charge in [0.05, 0.1) is 22.4 Å². The van der Waals surface area contributed by atoms with Gasteiger partial charge in [-0.1, -0.05) is 170 Å². The summed E-state index contributed by atoms with van der Waals surface area (Å²) in [7, 11) is 0. The van der Waals surface area contributed by atoms with E-state index in [9.17, 15) is 0 Å². The molecule has 0 unspecified atom stereocenters. The summed E-state index contributed by atoms with van der Waals surface area (Å²) < 4.78 is 15.9. The summed E-state index contributed by atoms with van der Waals surface area (Å²) in [5, 5.41) is 9.26. The molecule has 0 bridgehead atoms. The van der Waals surface area contributed by atoms with E-state index in [1.807, 2.05) is 12.1 Å². The Morgan fingerprint density at radius 3 is 1.66 bits per heavy atom. The van der Waals surface area contributed by atoms with E-state index in [2.05, 4.69) is 240 Å². The number of para-hydroxylation sites is 5. The lowest BCUT2D eigenvalue weighted by atomic mass is 9.94. The fraction of sp³-hybridized carbons (Fsp3) is 0. The normalized spacial score (nSPS) is 11.8. The van der Waals surface area contributed by atoms with E-state index < -0.39 is 0 Å². The van der Waals surface area contributed by atoms with Crippen molar-refractivity contribution in [2.75, 3.05) is 4.90 Å². The fourth-order valence-electron chi connectivity index (χ4n) is 10.8. The van der Waals surface area contributed by atoms with Crippen LogP contribution in [-0.4, -0.2) is 4.57 Å². The lowest BCUT2D eigenvalue weighted by molar-refractivity contribution is 0.669. The quantitative estimate of drug-likeness (QED) is 0.160. The summed E-state index contributed by atoms with van der Waals surface area (Å²) in [6, 6.07) is 87.0. The number of furan rings is 2. The Balaban J connectivity index is 1.02. The van der Waals surface area contributed by atoms with Crippen LogP contribution in [0.4, 0.5) is 17.1 Å². The molecule has 68 heavy (non-hydrogen) atoms. The van der Waals surface area contributed by atoms with Gasteiger partial charge in [-0.05, 0) is 106 Å².